The molecule has 0 saturated heterocycles. The Labute approximate surface area is 191 Å². The fraction of sp³-hybridized carbons (Fsp3) is 0.278. The predicted octanol–water partition coefficient (Wildman–Crippen LogP) is -0.0566. The molecule has 16 heteroatoms. The molecule has 3 heterocycles. The van der Waals surface area contributed by atoms with Crippen molar-refractivity contribution in [1.29, 1.82) is 5.26 Å². The standard InChI is InChI=1S/C18H19N11O5/c1-26-9-14(29(33)34)23-15(26)18(32)22-13-8-11(28(3)25-13)17(31)21-12-7-10(27(2)24-12)16(30)20-6-4-5-19/h7-9H,4,6H2,1-3H3,(H,20,30)(H,21,24,31)(H,22,25,32). The first-order valence-corrected chi connectivity index (χ1v) is 9.64. The first-order chi connectivity index (χ1) is 16.1. The number of anilines is 2. The molecule has 16 nitrogen and oxygen atoms in total. The summed E-state index contributed by atoms with van der Waals surface area (Å²) in [7, 11) is 4.42. The molecule has 0 aliphatic rings. The Morgan fingerprint density at radius 1 is 1.03 bits per heavy atom. The van der Waals surface area contributed by atoms with Crippen molar-refractivity contribution in [3.05, 3.63) is 45.7 Å². The lowest BCUT2D eigenvalue weighted by atomic mass is 10.3. The average molecular weight is 469 g/mol. The largest absolute Gasteiger partial charge is 0.382 e. The number of amides is 3. The molecule has 0 atom stereocenters. The van der Waals surface area contributed by atoms with E-state index in [4.69, 9.17) is 5.26 Å². The molecular weight excluding hydrogens is 450 g/mol. The number of carbonyl (C=O) groups is 3. The zero-order valence-corrected chi connectivity index (χ0v) is 18.3. The minimum atomic E-state index is -0.752. The van der Waals surface area contributed by atoms with E-state index in [2.05, 4.69) is 31.1 Å². The van der Waals surface area contributed by atoms with Crippen LogP contribution in [0.3, 0.4) is 0 Å². The summed E-state index contributed by atoms with van der Waals surface area (Å²) < 4.78 is 3.68. The highest BCUT2D eigenvalue weighted by Crippen LogP contribution is 2.15. The van der Waals surface area contributed by atoms with Gasteiger partial charge in [-0.1, -0.05) is 0 Å². The Hall–Kier alpha value is -5.07. The van der Waals surface area contributed by atoms with Crippen molar-refractivity contribution in [2.45, 2.75) is 6.42 Å². The molecule has 3 amide bonds. The van der Waals surface area contributed by atoms with Gasteiger partial charge in [0.15, 0.2) is 11.6 Å². The second kappa shape index (κ2) is 9.60. The van der Waals surface area contributed by atoms with Gasteiger partial charge in [0.25, 0.3) is 11.8 Å². The number of aryl methyl sites for hydroxylation is 3. The molecule has 0 aromatic carbocycles. The van der Waals surface area contributed by atoms with Gasteiger partial charge in [-0.15, -0.1) is 0 Å². The number of hydrogen-bond acceptors (Lipinski definition) is 9. The summed E-state index contributed by atoms with van der Waals surface area (Å²) in [6, 6.07) is 4.58. The van der Waals surface area contributed by atoms with Crippen LogP contribution in [-0.2, 0) is 21.1 Å². The van der Waals surface area contributed by atoms with Gasteiger partial charge in [0.2, 0.25) is 0 Å². The summed E-state index contributed by atoms with van der Waals surface area (Å²) in [5, 5.41) is 35.0. The second-order valence-corrected chi connectivity index (χ2v) is 6.94. The van der Waals surface area contributed by atoms with Gasteiger partial charge in [-0.2, -0.15) is 15.5 Å². The van der Waals surface area contributed by atoms with Crippen LogP contribution in [0.1, 0.15) is 38.0 Å². The van der Waals surface area contributed by atoms with Gasteiger partial charge in [0.1, 0.15) is 17.6 Å². The molecule has 0 aliphatic heterocycles. The minimum Gasteiger partial charge on any atom is -0.358 e. The molecule has 0 bridgehead atoms. The smallest absolute Gasteiger partial charge is 0.358 e. The highest BCUT2D eigenvalue weighted by molar-refractivity contribution is 6.05. The van der Waals surface area contributed by atoms with Crippen molar-refractivity contribution in [3.8, 4) is 6.07 Å². The lowest BCUT2D eigenvalue weighted by molar-refractivity contribution is -0.389. The summed E-state index contributed by atoms with van der Waals surface area (Å²) in [6.07, 6.45) is 1.25. The SMILES string of the molecule is Cn1cc([N+](=O)[O-])nc1C(=O)Nc1cc(C(=O)Nc2cc(C(=O)NCCC#N)n(C)n2)n(C)n1. The van der Waals surface area contributed by atoms with Crippen LogP contribution >= 0.6 is 0 Å². The van der Waals surface area contributed by atoms with Gasteiger partial charge in [0.05, 0.1) is 12.5 Å². The lowest BCUT2D eigenvalue weighted by Crippen LogP contribution is -2.26. The number of hydrogen-bond donors (Lipinski definition) is 3. The van der Waals surface area contributed by atoms with Crippen molar-refractivity contribution < 1.29 is 19.3 Å². The second-order valence-electron chi connectivity index (χ2n) is 6.94. The molecule has 0 spiro atoms. The third kappa shape index (κ3) is 5.04. The van der Waals surface area contributed by atoms with E-state index < -0.39 is 28.5 Å². The molecule has 0 saturated carbocycles. The van der Waals surface area contributed by atoms with Gasteiger partial charge in [-0.05, 0) is 9.91 Å². The Kier molecular flexibility index (Phi) is 6.66. The minimum absolute atomic E-state index is 0.0156. The fourth-order valence-corrected chi connectivity index (χ4v) is 2.91. The normalized spacial score (nSPS) is 10.4. The molecule has 3 aromatic rings. The summed E-state index contributed by atoms with van der Waals surface area (Å²) in [6.45, 7) is 0.178. The third-order valence-corrected chi connectivity index (χ3v) is 4.48. The molecule has 34 heavy (non-hydrogen) atoms. The number of nitrogens with zero attached hydrogens (tertiary/aromatic N) is 8. The van der Waals surface area contributed by atoms with Crippen LogP contribution in [-0.4, -0.2) is 58.3 Å². The van der Waals surface area contributed by atoms with Gasteiger partial charge in [-0.25, -0.2) is 0 Å². The van der Waals surface area contributed by atoms with Gasteiger partial charge >= 0.3 is 17.5 Å². The van der Waals surface area contributed by atoms with E-state index in [1.807, 2.05) is 6.07 Å². The maximum absolute atomic E-state index is 12.7. The third-order valence-electron chi connectivity index (χ3n) is 4.48. The quantitative estimate of drug-likeness (QED) is 0.229. The van der Waals surface area contributed by atoms with E-state index in [-0.39, 0.29) is 41.8 Å². The fourth-order valence-electron chi connectivity index (χ4n) is 2.91. The van der Waals surface area contributed by atoms with E-state index in [1.54, 1.807) is 0 Å². The van der Waals surface area contributed by atoms with Crippen LogP contribution in [0.25, 0.3) is 0 Å². The highest BCUT2D eigenvalue weighted by Gasteiger charge is 2.25. The summed E-state index contributed by atoms with van der Waals surface area (Å²) >= 11 is 0. The van der Waals surface area contributed by atoms with Crippen LogP contribution < -0.4 is 16.0 Å². The van der Waals surface area contributed by atoms with Crippen LogP contribution in [0.5, 0.6) is 0 Å². The molecule has 3 rings (SSSR count). The number of nitro groups is 1. The monoisotopic (exact) mass is 469 g/mol. The van der Waals surface area contributed by atoms with E-state index in [0.717, 1.165) is 6.20 Å². The summed E-state index contributed by atoms with van der Waals surface area (Å²) in [4.78, 5) is 51.0. The van der Waals surface area contributed by atoms with Gasteiger partial charge in [-0.3, -0.25) is 23.7 Å². The Morgan fingerprint density at radius 3 is 2.12 bits per heavy atom. The van der Waals surface area contributed by atoms with Crippen LogP contribution in [0.4, 0.5) is 17.5 Å². The average Bonchev–Trinajstić information content (AvgIpc) is 3.44. The van der Waals surface area contributed by atoms with Crippen molar-refractivity contribution in [1.82, 2.24) is 34.4 Å². The zero-order chi connectivity index (χ0) is 25.0. The number of nitriles is 1. The van der Waals surface area contributed by atoms with E-state index >= 15 is 0 Å². The maximum atomic E-state index is 12.7. The molecule has 0 aliphatic carbocycles. The van der Waals surface area contributed by atoms with Crippen LogP contribution in [0.15, 0.2) is 18.3 Å². The Bertz CT molecular complexity index is 1330. The predicted molar refractivity (Wildman–Crippen MR) is 115 cm³/mol. The zero-order valence-electron chi connectivity index (χ0n) is 18.3. The van der Waals surface area contributed by atoms with Crippen molar-refractivity contribution in [2.24, 2.45) is 21.1 Å². The van der Waals surface area contributed by atoms with Crippen molar-refractivity contribution in [3.63, 3.8) is 0 Å². The number of carbonyl (C=O) groups excluding carboxylic acids is 3. The Morgan fingerprint density at radius 2 is 1.59 bits per heavy atom. The number of aromatic nitrogens is 6. The maximum Gasteiger partial charge on any atom is 0.382 e. The van der Waals surface area contributed by atoms with Crippen LogP contribution in [0, 0.1) is 21.4 Å². The molecular formula is C18H19N11O5. The molecule has 3 aromatic heterocycles. The topological polar surface area (TPSA) is 208 Å². The van der Waals surface area contributed by atoms with E-state index in [9.17, 15) is 24.5 Å². The first kappa shape index (κ1) is 23.6. The molecule has 3 N–H and O–H groups in total. The van der Waals surface area contributed by atoms with E-state index in [0.29, 0.717) is 0 Å². The Balaban J connectivity index is 1.70. The van der Waals surface area contributed by atoms with Crippen LogP contribution in [0.2, 0.25) is 0 Å². The molecule has 0 unspecified atom stereocenters. The van der Waals surface area contributed by atoms with Crippen molar-refractivity contribution in [2.75, 3.05) is 17.2 Å². The number of imidazole rings is 1. The first-order valence-electron chi connectivity index (χ1n) is 9.64. The molecule has 0 radical (unpaired) electrons. The molecule has 176 valence electrons. The van der Waals surface area contributed by atoms with Gasteiger partial charge in [0, 0.05) is 39.8 Å². The van der Waals surface area contributed by atoms with Crippen molar-refractivity contribution >= 4 is 35.2 Å². The number of nitrogens with one attached hydrogen (secondary N) is 3. The summed E-state index contributed by atoms with van der Waals surface area (Å²) in [5.74, 6) is -2.40. The lowest BCUT2D eigenvalue weighted by Gasteiger charge is -2.01. The van der Waals surface area contributed by atoms with Gasteiger partial charge < -0.3 is 30.6 Å². The summed E-state index contributed by atoms with van der Waals surface area (Å²) in [5.41, 5.74) is 0.238. The van der Waals surface area contributed by atoms with E-state index in [1.165, 1.54) is 47.2 Å². The molecule has 0 fully saturated rings. The number of rotatable bonds is 8. The highest BCUT2D eigenvalue weighted by atomic mass is 16.6.